The molecule has 10 nitrogen and oxygen atoms in total. The van der Waals surface area contributed by atoms with E-state index in [1.54, 1.807) is 31.2 Å². The number of nitro benzene ring substituents is 1. The number of nitrogens with zero attached hydrogens (tertiary/aromatic N) is 3. The van der Waals surface area contributed by atoms with Crippen LogP contribution in [-0.2, 0) is 26.2 Å². The van der Waals surface area contributed by atoms with Crippen LogP contribution >= 0.6 is 11.6 Å². The van der Waals surface area contributed by atoms with Crippen molar-refractivity contribution in [2.24, 2.45) is 0 Å². The molecule has 0 spiro atoms. The number of non-ortho nitro benzene ring substituents is 1. The molecule has 0 aromatic heterocycles. The van der Waals surface area contributed by atoms with Gasteiger partial charge in [-0.2, -0.15) is 0 Å². The second kappa shape index (κ2) is 11.8. The number of hydrogen-bond donors (Lipinski definition) is 1. The Morgan fingerprint density at radius 3 is 2.44 bits per heavy atom. The fraction of sp³-hybridized carbons (Fsp3) is 0.364. The number of rotatable bonds is 11. The lowest BCUT2D eigenvalue weighted by atomic mass is 10.1. The molecule has 0 fully saturated rings. The molecule has 184 valence electrons. The maximum atomic E-state index is 13.4. The number of anilines is 1. The van der Waals surface area contributed by atoms with Gasteiger partial charge in [0.2, 0.25) is 21.8 Å². The molecule has 0 aliphatic heterocycles. The van der Waals surface area contributed by atoms with Gasteiger partial charge in [0.15, 0.2) is 0 Å². The van der Waals surface area contributed by atoms with E-state index in [1.807, 2.05) is 6.92 Å². The zero-order valence-electron chi connectivity index (χ0n) is 19.1. The van der Waals surface area contributed by atoms with Gasteiger partial charge in [-0.3, -0.25) is 24.0 Å². The normalized spacial score (nSPS) is 12.0. The quantitative estimate of drug-likeness (QED) is 0.365. The summed E-state index contributed by atoms with van der Waals surface area (Å²) in [7, 11) is -3.99. The fourth-order valence-electron chi connectivity index (χ4n) is 3.19. The predicted molar refractivity (Wildman–Crippen MR) is 130 cm³/mol. The van der Waals surface area contributed by atoms with Crippen molar-refractivity contribution in [1.29, 1.82) is 0 Å². The zero-order valence-corrected chi connectivity index (χ0v) is 20.7. The van der Waals surface area contributed by atoms with Gasteiger partial charge in [0.05, 0.1) is 16.9 Å². The largest absolute Gasteiger partial charge is 0.354 e. The Morgan fingerprint density at radius 2 is 1.85 bits per heavy atom. The third kappa shape index (κ3) is 7.42. The summed E-state index contributed by atoms with van der Waals surface area (Å²) in [6.07, 6.45) is 1.60. The molecule has 2 rings (SSSR count). The first-order valence-corrected chi connectivity index (χ1v) is 12.7. The highest BCUT2D eigenvalue weighted by molar-refractivity contribution is 7.92. The van der Waals surface area contributed by atoms with E-state index in [2.05, 4.69) is 5.32 Å². The first-order valence-electron chi connectivity index (χ1n) is 10.5. The number of benzene rings is 2. The van der Waals surface area contributed by atoms with Crippen LogP contribution in [0.1, 0.15) is 25.8 Å². The predicted octanol–water partition coefficient (Wildman–Crippen LogP) is 2.96. The van der Waals surface area contributed by atoms with E-state index in [0.717, 1.165) is 16.6 Å². The molecule has 0 saturated carbocycles. The van der Waals surface area contributed by atoms with Crippen LogP contribution in [0.2, 0.25) is 5.02 Å². The number of amides is 2. The van der Waals surface area contributed by atoms with Gasteiger partial charge in [-0.15, -0.1) is 0 Å². The van der Waals surface area contributed by atoms with Crippen molar-refractivity contribution in [3.63, 3.8) is 0 Å². The average molecular weight is 511 g/mol. The molecule has 2 amide bonds. The third-order valence-corrected chi connectivity index (χ3v) is 6.34. The van der Waals surface area contributed by atoms with Gasteiger partial charge in [0.1, 0.15) is 12.6 Å². The Kier molecular flexibility index (Phi) is 9.39. The number of sulfonamides is 1. The molecule has 0 saturated heterocycles. The van der Waals surface area contributed by atoms with Crippen LogP contribution in [0.15, 0.2) is 48.5 Å². The molecule has 2 aromatic rings. The van der Waals surface area contributed by atoms with E-state index in [-0.39, 0.29) is 17.9 Å². The molecule has 1 unspecified atom stereocenters. The van der Waals surface area contributed by atoms with Gasteiger partial charge in [0.25, 0.3) is 5.69 Å². The van der Waals surface area contributed by atoms with Crippen molar-refractivity contribution in [1.82, 2.24) is 10.2 Å². The number of nitro groups is 1. The minimum atomic E-state index is -3.99. The maximum absolute atomic E-state index is 13.4. The van der Waals surface area contributed by atoms with E-state index in [4.69, 9.17) is 11.6 Å². The summed E-state index contributed by atoms with van der Waals surface area (Å²) in [5.74, 6) is -1.05. The average Bonchev–Trinajstić information content (AvgIpc) is 2.78. The van der Waals surface area contributed by atoms with Gasteiger partial charge in [-0.1, -0.05) is 36.7 Å². The van der Waals surface area contributed by atoms with Gasteiger partial charge in [0, 0.05) is 30.2 Å². The first kappa shape index (κ1) is 27.1. The van der Waals surface area contributed by atoms with E-state index >= 15 is 0 Å². The second-order valence-corrected chi connectivity index (χ2v) is 10.0. The van der Waals surface area contributed by atoms with Crippen LogP contribution in [0.5, 0.6) is 0 Å². The standard InChI is InChI=1S/C22H27ClN4O6S/c1-4-11-24-22(29)16(2)25(14-17-7-5-8-18(23)12-17)21(28)15-26(34(3,32)33)19-9-6-10-20(13-19)27(30)31/h5-10,12-13,16H,4,11,14-15H2,1-3H3,(H,24,29). The molecule has 1 atom stereocenters. The lowest BCUT2D eigenvalue weighted by Gasteiger charge is -2.31. The van der Waals surface area contributed by atoms with Gasteiger partial charge >= 0.3 is 0 Å². The second-order valence-electron chi connectivity index (χ2n) is 7.67. The highest BCUT2D eigenvalue weighted by Gasteiger charge is 2.30. The number of carbonyl (C=O) groups excluding carboxylic acids is 2. The van der Waals surface area contributed by atoms with Crippen molar-refractivity contribution in [2.75, 3.05) is 23.7 Å². The summed E-state index contributed by atoms with van der Waals surface area (Å²) in [6.45, 7) is 3.22. The van der Waals surface area contributed by atoms with E-state index in [1.165, 1.54) is 23.1 Å². The number of hydrogen-bond acceptors (Lipinski definition) is 6. The summed E-state index contributed by atoms with van der Waals surface area (Å²) in [5.41, 5.74) is 0.301. The van der Waals surface area contributed by atoms with E-state index in [0.29, 0.717) is 23.6 Å². The Bertz CT molecular complexity index is 1160. The SMILES string of the molecule is CCCNC(=O)C(C)N(Cc1cccc(Cl)c1)C(=O)CN(c1cccc([N+](=O)[O-])c1)S(C)(=O)=O. The zero-order chi connectivity index (χ0) is 25.5. The molecular weight excluding hydrogens is 484 g/mol. The van der Waals surface area contributed by atoms with E-state index in [9.17, 15) is 28.1 Å². The summed E-state index contributed by atoms with van der Waals surface area (Å²) >= 11 is 6.06. The number of halogens is 1. The minimum absolute atomic E-state index is 0.00659. The Balaban J connectivity index is 2.41. The van der Waals surface area contributed by atoms with Crippen LogP contribution < -0.4 is 9.62 Å². The van der Waals surface area contributed by atoms with Crippen LogP contribution in [0.3, 0.4) is 0 Å². The highest BCUT2D eigenvalue weighted by Crippen LogP contribution is 2.24. The van der Waals surface area contributed by atoms with Crippen molar-refractivity contribution >= 4 is 44.8 Å². The number of carbonyl (C=O) groups is 2. The third-order valence-electron chi connectivity index (χ3n) is 4.97. The van der Waals surface area contributed by atoms with Crippen LogP contribution in [0.4, 0.5) is 11.4 Å². The maximum Gasteiger partial charge on any atom is 0.271 e. The van der Waals surface area contributed by atoms with Gasteiger partial charge in [-0.05, 0) is 37.1 Å². The Hall–Kier alpha value is -3.18. The lowest BCUT2D eigenvalue weighted by molar-refractivity contribution is -0.384. The molecular formula is C22H27ClN4O6S. The molecule has 0 heterocycles. The topological polar surface area (TPSA) is 130 Å². The molecule has 12 heteroatoms. The van der Waals surface area contributed by atoms with Gasteiger partial charge < -0.3 is 10.2 Å². The summed E-state index contributed by atoms with van der Waals surface area (Å²) in [4.78, 5) is 37.8. The van der Waals surface area contributed by atoms with Crippen molar-refractivity contribution in [3.05, 3.63) is 69.2 Å². The fourth-order valence-corrected chi connectivity index (χ4v) is 4.24. The molecule has 0 aliphatic carbocycles. The Labute approximate surface area is 203 Å². The summed E-state index contributed by atoms with van der Waals surface area (Å²) < 4.78 is 25.8. The van der Waals surface area contributed by atoms with Crippen LogP contribution in [0.25, 0.3) is 0 Å². The molecule has 1 N–H and O–H groups in total. The van der Waals surface area contributed by atoms with Crippen LogP contribution in [-0.4, -0.2) is 55.4 Å². The number of nitrogens with one attached hydrogen (secondary N) is 1. The van der Waals surface area contributed by atoms with Gasteiger partial charge in [-0.25, -0.2) is 8.42 Å². The molecule has 0 aliphatic rings. The first-order chi connectivity index (χ1) is 15.9. The minimum Gasteiger partial charge on any atom is -0.354 e. The molecule has 0 bridgehead atoms. The molecule has 0 radical (unpaired) electrons. The molecule has 2 aromatic carbocycles. The monoisotopic (exact) mass is 510 g/mol. The van der Waals surface area contributed by atoms with Crippen LogP contribution in [0, 0.1) is 10.1 Å². The summed E-state index contributed by atoms with van der Waals surface area (Å²) in [5, 5.41) is 14.3. The smallest absolute Gasteiger partial charge is 0.271 e. The van der Waals surface area contributed by atoms with E-state index < -0.39 is 39.3 Å². The lowest BCUT2D eigenvalue weighted by Crippen LogP contribution is -2.51. The van der Waals surface area contributed by atoms with Crippen molar-refractivity contribution in [3.8, 4) is 0 Å². The van der Waals surface area contributed by atoms with Crippen molar-refractivity contribution in [2.45, 2.75) is 32.9 Å². The molecule has 34 heavy (non-hydrogen) atoms. The Morgan fingerprint density at radius 1 is 1.18 bits per heavy atom. The summed E-state index contributed by atoms with van der Waals surface area (Å²) in [6, 6.07) is 10.8. The highest BCUT2D eigenvalue weighted by atomic mass is 35.5. The van der Waals surface area contributed by atoms with Crippen molar-refractivity contribution < 1.29 is 22.9 Å².